The fourth-order valence-electron chi connectivity index (χ4n) is 1.47. The van der Waals surface area contributed by atoms with Crippen molar-refractivity contribution in [2.24, 2.45) is 5.73 Å². The number of methoxy groups -OCH3 is 1. The van der Waals surface area contributed by atoms with Crippen molar-refractivity contribution >= 4 is 11.6 Å². The summed E-state index contributed by atoms with van der Waals surface area (Å²) in [4.78, 5) is 0. The van der Waals surface area contributed by atoms with Crippen LogP contribution in [0.15, 0.2) is 18.2 Å². The fraction of sp³-hybridized carbons (Fsp3) is 0.455. The zero-order valence-corrected chi connectivity index (χ0v) is 9.56. The van der Waals surface area contributed by atoms with Crippen LogP contribution in [0.4, 0.5) is 0 Å². The normalized spacial score (nSPS) is 11.8. The number of benzene rings is 1. The molecule has 0 bridgehead atoms. The summed E-state index contributed by atoms with van der Waals surface area (Å²) in [7, 11) is 1.66. The van der Waals surface area contributed by atoms with Gasteiger partial charge in [0.2, 0.25) is 0 Å². The van der Waals surface area contributed by atoms with E-state index >= 15 is 0 Å². The molecule has 2 nitrogen and oxygen atoms in total. The Morgan fingerprint density at radius 2 is 2.07 bits per heavy atom. The molecule has 78 valence electrons. The van der Waals surface area contributed by atoms with Gasteiger partial charge in [0.1, 0.15) is 0 Å². The Morgan fingerprint density at radius 1 is 1.43 bits per heavy atom. The van der Waals surface area contributed by atoms with Crippen LogP contribution in [0.5, 0.6) is 0 Å². The summed E-state index contributed by atoms with van der Waals surface area (Å²) in [5.41, 5.74) is 7.80. The molecule has 0 aliphatic carbocycles. The molecule has 0 fully saturated rings. The van der Waals surface area contributed by atoms with Crippen LogP contribution < -0.4 is 5.73 Å². The van der Waals surface area contributed by atoms with Crippen molar-refractivity contribution in [3.8, 4) is 0 Å². The predicted molar refractivity (Wildman–Crippen MR) is 59.4 cm³/mol. The number of nitrogens with two attached hydrogens (primary N) is 1. The summed E-state index contributed by atoms with van der Waals surface area (Å²) in [6, 6.07) is 5.70. The topological polar surface area (TPSA) is 35.2 Å². The zero-order valence-electron chi connectivity index (χ0n) is 8.80. The molecule has 0 amide bonds. The molecule has 2 N–H and O–H groups in total. The molecule has 0 unspecified atom stereocenters. The molecule has 0 atom stereocenters. The third-order valence-electron chi connectivity index (χ3n) is 2.06. The van der Waals surface area contributed by atoms with E-state index in [1.165, 1.54) is 0 Å². The van der Waals surface area contributed by atoms with Crippen molar-refractivity contribution < 1.29 is 4.74 Å². The molecule has 14 heavy (non-hydrogen) atoms. The van der Waals surface area contributed by atoms with E-state index in [4.69, 9.17) is 22.1 Å². The fourth-order valence-corrected chi connectivity index (χ4v) is 1.66. The second-order valence-corrected chi connectivity index (χ2v) is 4.39. The average molecular weight is 214 g/mol. The van der Waals surface area contributed by atoms with Crippen molar-refractivity contribution in [2.45, 2.75) is 26.0 Å². The first-order valence-electron chi connectivity index (χ1n) is 4.52. The van der Waals surface area contributed by atoms with E-state index in [9.17, 15) is 0 Å². The maximum atomic E-state index is 6.04. The number of halogens is 1. The Hall–Kier alpha value is -0.570. The zero-order chi connectivity index (χ0) is 10.8. The molecule has 0 radical (unpaired) electrons. The quantitative estimate of drug-likeness (QED) is 0.838. The van der Waals surface area contributed by atoms with E-state index < -0.39 is 0 Å². The lowest BCUT2D eigenvalue weighted by Gasteiger charge is -2.22. The van der Waals surface area contributed by atoms with Gasteiger partial charge in [-0.3, -0.25) is 0 Å². The summed E-state index contributed by atoms with van der Waals surface area (Å²) in [6.07, 6.45) is 0. The number of hydrogen-bond donors (Lipinski definition) is 1. The molecule has 0 aliphatic heterocycles. The molecular formula is C11H16ClNO. The van der Waals surface area contributed by atoms with Gasteiger partial charge in [0.25, 0.3) is 0 Å². The van der Waals surface area contributed by atoms with Gasteiger partial charge in [-0.1, -0.05) is 17.7 Å². The van der Waals surface area contributed by atoms with Gasteiger partial charge in [-0.15, -0.1) is 0 Å². The van der Waals surface area contributed by atoms with Gasteiger partial charge >= 0.3 is 0 Å². The third kappa shape index (κ3) is 2.71. The Morgan fingerprint density at radius 3 is 2.57 bits per heavy atom. The van der Waals surface area contributed by atoms with Crippen LogP contribution in [-0.4, -0.2) is 7.11 Å². The van der Waals surface area contributed by atoms with Crippen LogP contribution >= 0.6 is 11.6 Å². The van der Waals surface area contributed by atoms with Crippen LogP contribution in [-0.2, 0) is 16.9 Å². The Labute approximate surface area is 90.0 Å². The first-order valence-corrected chi connectivity index (χ1v) is 4.89. The van der Waals surface area contributed by atoms with Crippen molar-refractivity contribution in [2.75, 3.05) is 7.11 Å². The van der Waals surface area contributed by atoms with Crippen molar-refractivity contribution in [1.29, 1.82) is 0 Å². The molecule has 1 rings (SSSR count). The van der Waals surface area contributed by atoms with Crippen LogP contribution in [0, 0.1) is 0 Å². The lowest BCUT2D eigenvalue weighted by Crippen LogP contribution is -2.30. The molecule has 1 aromatic rings. The average Bonchev–Trinajstić information content (AvgIpc) is 2.02. The first-order chi connectivity index (χ1) is 6.45. The van der Waals surface area contributed by atoms with E-state index in [2.05, 4.69) is 0 Å². The van der Waals surface area contributed by atoms with E-state index in [-0.39, 0.29) is 5.54 Å². The molecule has 0 saturated carbocycles. The molecule has 3 heteroatoms. The van der Waals surface area contributed by atoms with Gasteiger partial charge in [0, 0.05) is 17.7 Å². The van der Waals surface area contributed by atoms with E-state index in [0.29, 0.717) is 11.6 Å². The summed E-state index contributed by atoms with van der Waals surface area (Å²) in [5.74, 6) is 0. The van der Waals surface area contributed by atoms with Crippen LogP contribution in [0.1, 0.15) is 25.0 Å². The monoisotopic (exact) mass is 213 g/mol. The second-order valence-electron chi connectivity index (χ2n) is 3.96. The molecule has 0 aliphatic rings. The van der Waals surface area contributed by atoms with Gasteiger partial charge in [-0.2, -0.15) is 0 Å². The Balaban J connectivity index is 3.15. The standard InChI is InChI=1S/C11H16ClNO/c1-11(2,13)10-5-4-9(12)6-8(10)7-14-3/h4-6H,7,13H2,1-3H3. The summed E-state index contributed by atoms with van der Waals surface area (Å²) >= 11 is 5.91. The SMILES string of the molecule is COCc1cc(Cl)ccc1C(C)(C)N. The number of rotatable bonds is 3. The third-order valence-corrected chi connectivity index (χ3v) is 2.30. The molecule has 0 saturated heterocycles. The predicted octanol–water partition coefficient (Wildman–Crippen LogP) is 2.68. The first kappa shape index (κ1) is 11.5. The minimum atomic E-state index is -0.363. The van der Waals surface area contributed by atoms with Crippen molar-refractivity contribution in [3.63, 3.8) is 0 Å². The Kier molecular flexibility index (Phi) is 3.53. The van der Waals surface area contributed by atoms with Crippen LogP contribution in [0.2, 0.25) is 5.02 Å². The second kappa shape index (κ2) is 4.30. The summed E-state index contributed by atoms with van der Waals surface area (Å²) in [6.45, 7) is 4.47. The summed E-state index contributed by atoms with van der Waals surface area (Å²) < 4.78 is 5.10. The van der Waals surface area contributed by atoms with Crippen LogP contribution in [0.25, 0.3) is 0 Å². The molecule has 0 aromatic heterocycles. The minimum Gasteiger partial charge on any atom is -0.380 e. The van der Waals surface area contributed by atoms with Crippen molar-refractivity contribution in [1.82, 2.24) is 0 Å². The molecular weight excluding hydrogens is 198 g/mol. The lowest BCUT2D eigenvalue weighted by atomic mass is 9.91. The largest absolute Gasteiger partial charge is 0.380 e. The van der Waals surface area contributed by atoms with Gasteiger partial charge in [0.05, 0.1) is 6.61 Å². The highest BCUT2D eigenvalue weighted by atomic mass is 35.5. The number of ether oxygens (including phenoxy) is 1. The molecule has 1 aromatic carbocycles. The van der Waals surface area contributed by atoms with Crippen molar-refractivity contribution in [3.05, 3.63) is 34.3 Å². The highest BCUT2D eigenvalue weighted by Crippen LogP contribution is 2.25. The van der Waals surface area contributed by atoms with Crippen LogP contribution in [0.3, 0.4) is 0 Å². The van der Waals surface area contributed by atoms with Gasteiger partial charge in [-0.25, -0.2) is 0 Å². The highest BCUT2D eigenvalue weighted by Gasteiger charge is 2.18. The highest BCUT2D eigenvalue weighted by molar-refractivity contribution is 6.30. The van der Waals surface area contributed by atoms with E-state index in [0.717, 1.165) is 11.1 Å². The van der Waals surface area contributed by atoms with Gasteiger partial charge < -0.3 is 10.5 Å². The van der Waals surface area contributed by atoms with Gasteiger partial charge in [0.15, 0.2) is 0 Å². The summed E-state index contributed by atoms with van der Waals surface area (Å²) in [5, 5.41) is 0.713. The number of hydrogen-bond acceptors (Lipinski definition) is 2. The molecule has 0 heterocycles. The maximum Gasteiger partial charge on any atom is 0.0716 e. The smallest absolute Gasteiger partial charge is 0.0716 e. The maximum absolute atomic E-state index is 6.04. The minimum absolute atomic E-state index is 0.363. The Bertz CT molecular complexity index is 318. The van der Waals surface area contributed by atoms with E-state index in [1.54, 1.807) is 7.11 Å². The lowest BCUT2D eigenvalue weighted by molar-refractivity contribution is 0.183. The van der Waals surface area contributed by atoms with Gasteiger partial charge in [-0.05, 0) is 37.1 Å². The van der Waals surface area contributed by atoms with E-state index in [1.807, 2.05) is 32.0 Å². The molecule has 0 spiro atoms.